The Hall–Kier alpha value is -0.610. The Morgan fingerprint density at radius 2 is 2.19 bits per heavy atom. The largest absolute Gasteiger partial charge is 0.394 e. The molecule has 3 atom stereocenters. The summed E-state index contributed by atoms with van der Waals surface area (Å²) in [6.07, 6.45) is 5.21. The zero-order chi connectivity index (χ0) is 11.5. The number of carbonyl (C=O) groups is 1. The van der Waals surface area contributed by atoms with E-state index in [-0.39, 0.29) is 24.6 Å². The lowest BCUT2D eigenvalue weighted by Crippen LogP contribution is -2.53. The minimum atomic E-state index is -0.0177. The normalized spacial score (nSPS) is 35.4. The topological polar surface area (TPSA) is 52.6 Å². The van der Waals surface area contributed by atoms with Gasteiger partial charge in [-0.1, -0.05) is 0 Å². The molecule has 0 aliphatic carbocycles. The molecule has 0 radical (unpaired) electrons. The van der Waals surface area contributed by atoms with Crippen LogP contribution in [-0.2, 0) is 4.79 Å². The van der Waals surface area contributed by atoms with Crippen molar-refractivity contribution in [2.45, 2.75) is 57.2 Å². The van der Waals surface area contributed by atoms with E-state index < -0.39 is 0 Å². The molecular formula is C12H22N2O2. The molecule has 3 unspecified atom stereocenters. The number of hydrogen-bond acceptors (Lipinski definition) is 3. The van der Waals surface area contributed by atoms with Gasteiger partial charge in [0.25, 0.3) is 0 Å². The van der Waals surface area contributed by atoms with Crippen molar-refractivity contribution in [1.82, 2.24) is 10.2 Å². The summed E-state index contributed by atoms with van der Waals surface area (Å²) in [7, 11) is 0. The van der Waals surface area contributed by atoms with E-state index in [0.717, 1.165) is 38.6 Å². The van der Waals surface area contributed by atoms with E-state index in [4.69, 9.17) is 0 Å². The third kappa shape index (κ3) is 2.38. The predicted octanol–water partition coefficient (Wildman–Crippen LogP) is 0.500. The van der Waals surface area contributed by atoms with E-state index >= 15 is 0 Å². The lowest BCUT2D eigenvalue weighted by Gasteiger charge is -2.33. The summed E-state index contributed by atoms with van der Waals surface area (Å²) in [6.45, 7) is 3.05. The van der Waals surface area contributed by atoms with Gasteiger partial charge in [0.2, 0.25) is 5.91 Å². The van der Waals surface area contributed by atoms with Crippen molar-refractivity contribution in [3.8, 4) is 0 Å². The van der Waals surface area contributed by atoms with Gasteiger partial charge in [0.15, 0.2) is 0 Å². The molecule has 0 aromatic rings. The summed E-state index contributed by atoms with van der Waals surface area (Å²) >= 11 is 0. The summed E-state index contributed by atoms with van der Waals surface area (Å²) in [4.78, 5) is 14.1. The van der Waals surface area contributed by atoms with Crippen molar-refractivity contribution >= 4 is 5.91 Å². The Morgan fingerprint density at radius 3 is 2.88 bits per heavy atom. The zero-order valence-electron chi connectivity index (χ0n) is 9.98. The van der Waals surface area contributed by atoms with Crippen LogP contribution in [0.25, 0.3) is 0 Å². The Labute approximate surface area is 97.0 Å². The molecule has 2 N–H and O–H groups in total. The van der Waals surface area contributed by atoms with Crippen LogP contribution in [0, 0.1) is 0 Å². The fourth-order valence-electron chi connectivity index (χ4n) is 2.85. The summed E-state index contributed by atoms with van der Waals surface area (Å²) < 4.78 is 0. The number of carbonyl (C=O) groups excluding carboxylic acids is 1. The molecule has 0 aromatic heterocycles. The number of piperidine rings is 1. The van der Waals surface area contributed by atoms with Crippen LogP contribution >= 0.6 is 0 Å². The fourth-order valence-corrected chi connectivity index (χ4v) is 2.85. The highest BCUT2D eigenvalue weighted by Crippen LogP contribution is 2.21. The Bertz CT molecular complexity index is 257. The SMILES string of the molecule is CC1CCCC(C(=O)N2CCCC2CO)N1. The molecule has 2 saturated heterocycles. The maximum Gasteiger partial charge on any atom is 0.240 e. The van der Waals surface area contributed by atoms with Gasteiger partial charge in [-0.15, -0.1) is 0 Å². The van der Waals surface area contributed by atoms with Crippen LogP contribution in [0.3, 0.4) is 0 Å². The second kappa shape index (κ2) is 5.15. The van der Waals surface area contributed by atoms with Crippen LogP contribution < -0.4 is 5.32 Å². The van der Waals surface area contributed by atoms with Gasteiger partial charge in [-0.25, -0.2) is 0 Å². The maximum absolute atomic E-state index is 12.3. The molecular weight excluding hydrogens is 204 g/mol. The number of rotatable bonds is 2. The maximum atomic E-state index is 12.3. The molecule has 2 fully saturated rings. The van der Waals surface area contributed by atoms with Crippen molar-refractivity contribution < 1.29 is 9.90 Å². The van der Waals surface area contributed by atoms with Crippen molar-refractivity contribution in [3.63, 3.8) is 0 Å². The number of likely N-dealkylation sites (tertiary alicyclic amines) is 1. The second-order valence-corrected chi connectivity index (χ2v) is 5.06. The Kier molecular flexibility index (Phi) is 3.82. The van der Waals surface area contributed by atoms with Crippen LogP contribution in [0.2, 0.25) is 0 Å². The first-order chi connectivity index (χ1) is 7.72. The molecule has 2 heterocycles. The highest BCUT2D eigenvalue weighted by Gasteiger charge is 2.34. The standard InChI is InChI=1S/C12H22N2O2/c1-9-4-2-6-11(13-9)12(16)14-7-3-5-10(14)8-15/h9-11,13,15H,2-8H2,1H3. The van der Waals surface area contributed by atoms with E-state index in [1.807, 2.05) is 4.90 Å². The molecule has 2 aliphatic rings. The van der Waals surface area contributed by atoms with E-state index in [9.17, 15) is 9.90 Å². The van der Waals surface area contributed by atoms with Gasteiger partial charge in [-0.2, -0.15) is 0 Å². The van der Waals surface area contributed by atoms with Crippen molar-refractivity contribution in [2.75, 3.05) is 13.2 Å². The summed E-state index contributed by atoms with van der Waals surface area (Å²) in [6, 6.07) is 0.486. The van der Waals surface area contributed by atoms with Crippen LogP contribution in [-0.4, -0.2) is 47.2 Å². The predicted molar refractivity (Wildman–Crippen MR) is 62.1 cm³/mol. The number of amides is 1. The van der Waals surface area contributed by atoms with E-state index in [2.05, 4.69) is 12.2 Å². The fraction of sp³-hybridized carbons (Fsp3) is 0.917. The quantitative estimate of drug-likeness (QED) is 0.721. The van der Waals surface area contributed by atoms with E-state index in [1.54, 1.807) is 0 Å². The van der Waals surface area contributed by atoms with Gasteiger partial charge in [0, 0.05) is 12.6 Å². The monoisotopic (exact) mass is 226 g/mol. The molecule has 16 heavy (non-hydrogen) atoms. The summed E-state index contributed by atoms with van der Waals surface area (Å²) in [5.74, 6) is 0.197. The van der Waals surface area contributed by atoms with Crippen LogP contribution in [0.4, 0.5) is 0 Å². The van der Waals surface area contributed by atoms with Gasteiger partial charge < -0.3 is 15.3 Å². The first-order valence-electron chi connectivity index (χ1n) is 6.39. The number of aliphatic hydroxyl groups excluding tert-OH is 1. The molecule has 92 valence electrons. The smallest absolute Gasteiger partial charge is 0.240 e. The molecule has 4 nitrogen and oxygen atoms in total. The van der Waals surface area contributed by atoms with Gasteiger partial charge in [0.1, 0.15) is 0 Å². The number of nitrogens with one attached hydrogen (secondary N) is 1. The number of aliphatic hydroxyl groups is 1. The van der Waals surface area contributed by atoms with E-state index in [1.165, 1.54) is 0 Å². The Balaban J connectivity index is 1.95. The van der Waals surface area contributed by atoms with E-state index in [0.29, 0.717) is 6.04 Å². The van der Waals surface area contributed by atoms with Crippen molar-refractivity contribution in [2.24, 2.45) is 0 Å². The molecule has 0 bridgehead atoms. The third-order valence-corrected chi connectivity index (χ3v) is 3.78. The average Bonchev–Trinajstić information content (AvgIpc) is 2.76. The lowest BCUT2D eigenvalue weighted by molar-refractivity contribution is -0.135. The van der Waals surface area contributed by atoms with Crippen LogP contribution in [0.1, 0.15) is 39.0 Å². The third-order valence-electron chi connectivity index (χ3n) is 3.78. The van der Waals surface area contributed by atoms with Gasteiger partial charge in [0.05, 0.1) is 18.7 Å². The zero-order valence-corrected chi connectivity index (χ0v) is 9.98. The molecule has 0 saturated carbocycles. The van der Waals surface area contributed by atoms with Crippen LogP contribution in [0.5, 0.6) is 0 Å². The number of nitrogens with zero attached hydrogens (tertiary/aromatic N) is 1. The van der Waals surface area contributed by atoms with Gasteiger partial charge in [-0.3, -0.25) is 4.79 Å². The lowest BCUT2D eigenvalue weighted by atomic mass is 9.98. The second-order valence-electron chi connectivity index (χ2n) is 5.06. The average molecular weight is 226 g/mol. The molecule has 2 rings (SSSR count). The summed E-state index contributed by atoms with van der Waals surface area (Å²) in [5, 5.41) is 12.6. The minimum absolute atomic E-state index is 0.0177. The highest BCUT2D eigenvalue weighted by atomic mass is 16.3. The minimum Gasteiger partial charge on any atom is -0.394 e. The first kappa shape index (κ1) is 11.9. The molecule has 1 amide bonds. The van der Waals surface area contributed by atoms with Gasteiger partial charge >= 0.3 is 0 Å². The number of hydrogen-bond donors (Lipinski definition) is 2. The molecule has 0 spiro atoms. The molecule has 0 aromatic carbocycles. The van der Waals surface area contributed by atoms with Gasteiger partial charge in [-0.05, 0) is 39.0 Å². The molecule has 4 heteroatoms. The van der Waals surface area contributed by atoms with Crippen LogP contribution in [0.15, 0.2) is 0 Å². The first-order valence-corrected chi connectivity index (χ1v) is 6.39. The Morgan fingerprint density at radius 1 is 1.38 bits per heavy atom. The van der Waals surface area contributed by atoms with Crippen molar-refractivity contribution in [3.05, 3.63) is 0 Å². The highest BCUT2D eigenvalue weighted by molar-refractivity contribution is 5.82. The van der Waals surface area contributed by atoms with Crippen molar-refractivity contribution in [1.29, 1.82) is 0 Å². The summed E-state index contributed by atoms with van der Waals surface area (Å²) in [5.41, 5.74) is 0. The molecule has 2 aliphatic heterocycles.